The molecule has 0 amide bonds. The molecule has 0 aromatic rings. The molecule has 0 aromatic carbocycles. The molecule has 3 rings (SSSR count). The van der Waals surface area contributed by atoms with E-state index in [4.69, 9.17) is 0 Å². The van der Waals surface area contributed by atoms with Gasteiger partial charge in [-0.1, -0.05) is 59.0 Å². The molecule has 0 saturated carbocycles. The van der Waals surface area contributed by atoms with E-state index in [1.54, 1.807) is 0 Å². The van der Waals surface area contributed by atoms with E-state index in [2.05, 4.69) is 63.9 Å². The van der Waals surface area contributed by atoms with Crippen LogP contribution in [-0.4, -0.2) is 15.0 Å². The minimum Gasteiger partial charge on any atom is -0.353 e. The standard InChI is InChI=1S/C16H20IN/c17-16-12-11-15(13-7-3-1-4-8-13)18(16)14-9-5-2-6-10-14/h1,3,5,7,9,11,14,16H,2,4,6,8,10,12H2. The van der Waals surface area contributed by atoms with Crippen LogP contribution in [0.5, 0.6) is 0 Å². The molecule has 18 heavy (non-hydrogen) atoms. The molecule has 0 spiro atoms. The van der Waals surface area contributed by atoms with Gasteiger partial charge in [0, 0.05) is 11.7 Å². The molecular formula is C16H20IN. The first-order valence-electron chi connectivity index (χ1n) is 7.01. The van der Waals surface area contributed by atoms with Gasteiger partial charge in [0.25, 0.3) is 0 Å². The number of allylic oxidation sites excluding steroid dienone is 5. The highest BCUT2D eigenvalue weighted by Gasteiger charge is 2.31. The van der Waals surface area contributed by atoms with Crippen molar-refractivity contribution in [2.24, 2.45) is 0 Å². The zero-order valence-corrected chi connectivity index (χ0v) is 12.8. The van der Waals surface area contributed by atoms with Crippen LogP contribution in [0.1, 0.15) is 38.5 Å². The lowest BCUT2D eigenvalue weighted by Crippen LogP contribution is -2.36. The average Bonchev–Trinajstić information content (AvgIpc) is 2.83. The van der Waals surface area contributed by atoms with Crippen molar-refractivity contribution in [3.63, 3.8) is 0 Å². The molecule has 0 saturated heterocycles. The highest BCUT2D eigenvalue weighted by atomic mass is 127. The Morgan fingerprint density at radius 1 is 1.22 bits per heavy atom. The normalized spacial score (nSPS) is 31.5. The van der Waals surface area contributed by atoms with Crippen LogP contribution in [0.3, 0.4) is 0 Å². The van der Waals surface area contributed by atoms with Crippen LogP contribution in [0, 0.1) is 0 Å². The lowest BCUT2D eigenvalue weighted by atomic mass is 9.97. The quantitative estimate of drug-likeness (QED) is 0.300. The first-order chi connectivity index (χ1) is 8.86. The maximum absolute atomic E-state index is 2.65. The Hall–Kier alpha value is -0.510. The molecule has 0 N–H and O–H groups in total. The Labute approximate surface area is 123 Å². The summed E-state index contributed by atoms with van der Waals surface area (Å²) in [6, 6.07) is 0.626. The summed E-state index contributed by atoms with van der Waals surface area (Å²) in [5, 5.41) is 0. The van der Waals surface area contributed by atoms with Gasteiger partial charge in [-0.2, -0.15) is 0 Å². The van der Waals surface area contributed by atoms with Gasteiger partial charge < -0.3 is 4.90 Å². The van der Waals surface area contributed by atoms with Crippen molar-refractivity contribution < 1.29 is 0 Å². The number of hydrogen-bond acceptors (Lipinski definition) is 1. The summed E-state index contributed by atoms with van der Waals surface area (Å²) in [5.41, 5.74) is 3.05. The number of rotatable bonds is 2. The average molecular weight is 353 g/mol. The molecule has 1 nitrogen and oxygen atoms in total. The smallest absolute Gasteiger partial charge is 0.0850 e. The molecule has 0 fully saturated rings. The van der Waals surface area contributed by atoms with Crippen molar-refractivity contribution >= 4 is 22.6 Å². The van der Waals surface area contributed by atoms with Gasteiger partial charge >= 0.3 is 0 Å². The predicted octanol–water partition coefficient (Wildman–Crippen LogP) is 4.72. The minimum absolute atomic E-state index is 0.626. The third kappa shape index (κ3) is 2.44. The zero-order valence-electron chi connectivity index (χ0n) is 10.7. The maximum atomic E-state index is 2.65. The third-order valence-electron chi connectivity index (χ3n) is 4.01. The first kappa shape index (κ1) is 12.5. The van der Waals surface area contributed by atoms with E-state index in [0.29, 0.717) is 10.1 Å². The maximum Gasteiger partial charge on any atom is 0.0850 e. The summed E-state index contributed by atoms with van der Waals surface area (Å²) in [5.74, 6) is 0. The molecule has 0 bridgehead atoms. The van der Waals surface area contributed by atoms with Gasteiger partial charge in [-0.3, -0.25) is 0 Å². The summed E-state index contributed by atoms with van der Waals surface area (Å²) < 4.78 is 0.636. The fourth-order valence-electron chi connectivity index (χ4n) is 3.10. The largest absolute Gasteiger partial charge is 0.353 e. The SMILES string of the molecule is IC1CC=C(C2=CC=CCC2)N1C1C=CCCC1. The minimum atomic E-state index is 0.626. The molecular weight excluding hydrogens is 333 g/mol. The van der Waals surface area contributed by atoms with Crippen molar-refractivity contribution in [1.82, 2.24) is 4.90 Å². The van der Waals surface area contributed by atoms with Gasteiger partial charge in [0.05, 0.1) is 4.05 Å². The summed E-state index contributed by atoms with van der Waals surface area (Å²) in [6.45, 7) is 0. The molecule has 0 radical (unpaired) electrons. The Balaban J connectivity index is 1.84. The van der Waals surface area contributed by atoms with Gasteiger partial charge in [-0.05, 0) is 44.1 Å². The highest BCUT2D eigenvalue weighted by molar-refractivity contribution is 14.1. The van der Waals surface area contributed by atoms with Crippen molar-refractivity contribution in [3.05, 3.63) is 47.7 Å². The summed E-state index contributed by atoms with van der Waals surface area (Å²) in [4.78, 5) is 2.65. The van der Waals surface area contributed by atoms with Gasteiger partial charge in [0.15, 0.2) is 0 Å². The van der Waals surface area contributed by atoms with Crippen molar-refractivity contribution in [1.29, 1.82) is 0 Å². The van der Waals surface area contributed by atoms with Crippen LogP contribution in [0.25, 0.3) is 0 Å². The monoisotopic (exact) mass is 353 g/mol. The molecule has 2 heteroatoms. The zero-order chi connectivity index (χ0) is 12.4. The summed E-state index contributed by atoms with van der Waals surface area (Å²) in [6.07, 6.45) is 21.6. The van der Waals surface area contributed by atoms with Crippen LogP contribution < -0.4 is 0 Å². The van der Waals surface area contributed by atoms with E-state index in [1.165, 1.54) is 49.8 Å². The van der Waals surface area contributed by atoms with Crippen molar-refractivity contribution in [3.8, 4) is 0 Å². The second kappa shape index (κ2) is 5.64. The molecule has 2 aliphatic carbocycles. The fraction of sp³-hybridized carbons (Fsp3) is 0.500. The molecule has 1 aliphatic heterocycles. The van der Waals surface area contributed by atoms with E-state index >= 15 is 0 Å². The molecule has 3 aliphatic rings. The second-order valence-electron chi connectivity index (χ2n) is 5.25. The van der Waals surface area contributed by atoms with Gasteiger partial charge in [-0.15, -0.1) is 0 Å². The van der Waals surface area contributed by atoms with E-state index in [0.717, 1.165) is 0 Å². The van der Waals surface area contributed by atoms with Crippen LogP contribution >= 0.6 is 22.6 Å². The summed E-state index contributed by atoms with van der Waals surface area (Å²) >= 11 is 2.60. The Morgan fingerprint density at radius 2 is 2.17 bits per heavy atom. The van der Waals surface area contributed by atoms with E-state index in [9.17, 15) is 0 Å². The first-order valence-corrected chi connectivity index (χ1v) is 8.26. The van der Waals surface area contributed by atoms with E-state index in [1.807, 2.05) is 0 Å². The van der Waals surface area contributed by atoms with E-state index < -0.39 is 0 Å². The van der Waals surface area contributed by atoms with Crippen molar-refractivity contribution in [2.75, 3.05) is 0 Å². The van der Waals surface area contributed by atoms with Gasteiger partial charge in [0.2, 0.25) is 0 Å². The fourth-order valence-corrected chi connectivity index (χ4v) is 4.07. The predicted molar refractivity (Wildman–Crippen MR) is 85.6 cm³/mol. The molecule has 96 valence electrons. The Morgan fingerprint density at radius 3 is 2.89 bits per heavy atom. The summed E-state index contributed by atoms with van der Waals surface area (Å²) in [7, 11) is 0. The second-order valence-corrected chi connectivity index (χ2v) is 6.69. The lowest BCUT2D eigenvalue weighted by molar-refractivity contribution is 0.287. The van der Waals surface area contributed by atoms with Crippen LogP contribution in [-0.2, 0) is 0 Å². The van der Waals surface area contributed by atoms with Crippen LogP contribution in [0.15, 0.2) is 47.7 Å². The van der Waals surface area contributed by atoms with Gasteiger partial charge in [0.1, 0.15) is 0 Å². The Bertz CT molecular complexity index is 430. The van der Waals surface area contributed by atoms with Gasteiger partial charge in [-0.25, -0.2) is 0 Å². The lowest BCUT2D eigenvalue weighted by Gasteiger charge is -2.36. The molecule has 2 atom stereocenters. The molecule has 2 unspecified atom stereocenters. The van der Waals surface area contributed by atoms with Crippen LogP contribution in [0.4, 0.5) is 0 Å². The Kier molecular flexibility index (Phi) is 3.92. The number of alkyl halides is 1. The number of halogens is 1. The topological polar surface area (TPSA) is 3.24 Å². The highest BCUT2D eigenvalue weighted by Crippen LogP contribution is 2.37. The number of nitrogens with zero attached hydrogens (tertiary/aromatic N) is 1. The molecule has 1 heterocycles. The van der Waals surface area contributed by atoms with Crippen molar-refractivity contribution in [2.45, 2.75) is 48.6 Å². The van der Waals surface area contributed by atoms with Crippen LogP contribution in [0.2, 0.25) is 0 Å². The van der Waals surface area contributed by atoms with E-state index in [-0.39, 0.29) is 0 Å². The number of hydrogen-bond donors (Lipinski definition) is 0. The molecule has 0 aromatic heterocycles. The third-order valence-corrected chi connectivity index (χ3v) is 5.12.